The summed E-state index contributed by atoms with van der Waals surface area (Å²) in [5, 5.41) is 0. The Morgan fingerprint density at radius 2 is 1.96 bits per heavy atom. The van der Waals surface area contributed by atoms with Crippen LogP contribution in [0, 0.1) is 0 Å². The predicted molar refractivity (Wildman–Crippen MR) is 85.0 cm³/mol. The number of benzene rings is 1. The molecule has 1 N–H and O–H groups in total. The summed E-state index contributed by atoms with van der Waals surface area (Å²) in [6.07, 6.45) is 2.09. The largest absolute Gasteiger partial charge is 0.347 e. The summed E-state index contributed by atoms with van der Waals surface area (Å²) in [5.74, 6) is 0.248. The number of imide groups is 1. The molecule has 0 radical (unpaired) electrons. The molecule has 2 aliphatic rings. The highest BCUT2D eigenvalue weighted by Crippen LogP contribution is 2.32. The standard InChI is InChI=1S/C17H18N4O2/c1-10(2)11-3-5-12(6-4-11)21-16(22)15-7-13-14(19-9-18-13)8-20(15)17(21)23/h3-6,9-10,15H,7-8H2,1-2H3,(H,18,19). The van der Waals surface area contributed by atoms with Gasteiger partial charge in [0.15, 0.2) is 0 Å². The Hall–Kier alpha value is -2.63. The Morgan fingerprint density at radius 3 is 2.65 bits per heavy atom. The van der Waals surface area contributed by atoms with Gasteiger partial charge in [0.1, 0.15) is 6.04 Å². The van der Waals surface area contributed by atoms with Crippen LogP contribution in [0.2, 0.25) is 0 Å². The molecule has 6 heteroatoms. The smallest absolute Gasteiger partial charge is 0.332 e. The number of H-pyrrole nitrogens is 1. The van der Waals surface area contributed by atoms with E-state index in [0.717, 1.165) is 11.4 Å². The Morgan fingerprint density at radius 1 is 1.22 bits per heavy atom. The first kappa shape index (κ1) is 14.0. The number of rotatable bonds is 2. The van der Waals surface area contributed by atoms with Crippen LogP contribution in [0.5, 0.6) is 0 Å². The maximum Gasteiger partial charge on any atom is 0.332 e. The highest BCUT2D eigenvalue weighted by Gasteiger charge is 2.48. The van der Waals surface area contributed by atoms with Crippen LogP contribution in [0.25, 0.3) is 0 Å². The number of fused-ring (bicyclic) bond motifs is 2. The van der Waals surface area contributed by atoms with Crippen LogP contribution in [0.1, 0.15) is 36.7 Å². The van der Waals surface area contributed by atoms with Crippen molar-refractivity contribution in [3.8, 4) is 0 Å². The fraction of sp³-hybridized carbons (Fsp3) is 0.353. The number of anilines is 1. The number of urea groups is 1. The summed E-state index contributed by atoms with van der Waals surface area (Å²) in [7, 11) is 0. The van der Waals surface area contributed by atoms with E-state index in [2.05, 4.69) is 23.8 Å². The first-order valence-corrected chi connectivity index (χ1v) is 7.82. The average molecular weight is 310 g/mol. The highest BCUT2D eigenvalue weighted by atomic mass is 16.2. The second-order valence-corrected chi connectivity index (χ2v) is 6.38. The lowest BCUT2D eigenvalue weighted by Gasteiger charge is -2.25. The third-order valence-corrected chi connectivity index (χ3v) is 4.66. The van der Waals surface area contributed by atoms with Gasteiger partial charge in [-0.1, -0.05) is 26.0 Å². The van der Waals surface area contributed by atoms with E-state index in [1.54, 1.807) is 11.2 Å². The number of aromatic amines is 1. The lowest BCUT2D eigenvalue weighted by atomic mass is 10.0. The summed E-state index contributed by atoms with van der Waals surface area (Å²) < 4.78 is 0. The Bertz CT molecular complexity index is 740. The van der Waals surface area contributed by atoms with Crippen molar-refractivity contribution >= 4 is 17.6 Å². The zero-order valence-electron chi connectivity index (χ0n) is 13.1. The molecular formula is C17H18N4O2. The molecule has 0 aliphatic carbocycles. The molecule has 1 unspecified atom stereocenters. The van der Waals surface area contributed by atoms with E-state index in [9.17, 15) is 9.59 Å². The van der Waals surface area contributed by atoms with E-state index in [4.69, 9.17) is 0 Å². The van der Waals surface area contributed by atoms with Crippen molar-refractivity contribution in [3.05, 3.63) is 47.5 Å². The minimum absolute atomic E-state index is 0.166. The van der Waals surface area contributed by atoms with E-state index in [1.165, 1.54) is 10.5 Å². The molecule has 2 aromatic rings. The van der Waals surface area contributed by atoms with Gasteiger partial charge in [0.25, 0.3) is 5.91 Å². The summed E-state index contributed by atoms with van der Waals surface area (Å²) in [4.78, 5) is 35.6. The van der Waals surface area contributed by atoms with Gasteiger partial charge in [-0.2, -0.15) is 0 Å². The molecule has 3 amide bonds. The second kappa shape index (κ2) is 4.94. The molecule has 0 saturated carbocycles. The van der Waals surface area contributed by atoms with Crippen LogP contribution in [0.4, 0.5) is 10.5 Å². The lowest BCUT2D eigenvalue weighted by molar-refractivity contribution is -0.120. The minimum atomic E-state index is -0.442. The molecule has 4 rings (SSSR count). The van der Waals surface area contributed by atoms with Crippen molar-refractivity contribution in [3.63, 3.8) is 0 Å². The van der Waals surface area contributed by atoms with Crippen molar-refractivity contribution in [1.82, 2.24) is 14.9 Å². The number of nitrogens with one attached hydrogen (secondary N) is 1. The number of carbonyl (C=O) groups excluding carboxylic acids is 2. The molecule has 1 fully saturated rings. The Balaban J connectivity index is 1.65. The number of hydrogen-bond acceptors (Lipinski definition) is 3. The van der Waals surface area contributed by atoms with E-state index < -0.39 is 6.04 Å². The van der Waals surface area contributed by atoms with E-state index in [-0.39, 0.29) is 11.9 Å². The van der Waals surface area contributed by atoms with Gasteiger partial charge in [-0.3, -0.25) is 4.79 Å². The highest BCUT2D eigenvalue weighted by molar-refractivity contribution is 6.21. The lowest BCUT2D eigenvalue weighted by Crippen LogP contribution is -2.40. The molecule has 6 nitrogen and oxygen atoms in total. The topological polar surface area (TPSA) is 69.3 Å². The summed E-state index contributed by atoms with van der Waals surface area (Å²) in [5.41, 5.74) is 3.61. The fourth-order valence-corrected chi connectivity index (χ4v) is 3.28. The molecule has 1 saturated heterocycles. The quantitative estimate of drug-likeness (QED) is 0.866. The zero-order valence-corrected chi connectivity index (χ0v) is 13.1. The number of aromatic nitrogens is 2. The molecule has 23 heavy (non-hydrogen) atoms. The summed E-state index contributed by atoms with van der Waals surface area (Å²) in [6, 6.07) is 6.95. The van der Waals surface area contributed by atoms with Crippen molar-refractivity contribution in [2.45, 2.75) is 38.8 Å². The van der Waals surface area contributed by atoms with Gasteiger partial charge in [-0.05, 0) is 23.6 Å². The van der Waals surface area contributed by atoms with Gasteiger partial charge in [0, 0.05) is 6.42 Å². The average Bonchev–Trinajstić information content (AvgIpc) is 3.09. The van der Waals surface area contributed by atoms with E-state index >= 15 is 0 Å². The summed E-state index contributed by atoms with van der Waals surface area (Å²) in [6.45, 7) is 4.63. The van der Waals surface area contributed by atoms with Gasteiger partial charge in [0.05, 0.1) is 29.9 Å². The molecule has 0 spiro atoms. The van der Waals surface area contributed by atoms with Gasteiger partial charge >= 0.3 is 6.03 Å². The number of imidazole rings is 1. The molecule has 118 valence electrons. The number of hydrogen-bond donors (Lipinski definition) is 1. The van der Waals surface area contributed by atoms with Gasteiger partial charge < -0.3 is 9.88 Å². The number of nitrogens with zero attached hydrogens (tertiary/aromatic N) is 3. The van der Waals surface area contributed by atoms with Gasteiger partial charge in [-0.25, -0.2) is 14.7 Å². The minimum Gasteiger partial charge on any atom is -0.347 e. The van der Waals surface area contributed by atoms with Crippen LogP contribution < -0.4 is 4.90 Å². The first-order chi connectivity index (χ1) is 11.1. The van der Waals surface area contributed by atoms with Crippen LogP contribution in [0.15, 0.2) is 30.6 Å². The third-order valence-electron chi connectivity index (χ3n) is 4.66. The van der Waals surface area contributed by atoms with Crippen LogP contribution in [-0.4, -0.2) is 32.8 Å². The van der Waals surface area contributed by atoms with Gasteiger partial charge in [0.2, 0.25) is 0 Å². The van der Waals surface area contributed by atoms with E-state index in [1.807, 2.05) is 24.3 Å². The fourth-order valence-electron chi connectivity index (χ4n) is 3.28. The maximum absolute atomic E-state index is 12.7. The Labute approximate surface area is 134 Å². The molecule has 1 aromatic heterocycles. The summed E-state index contributed by atoms with van der Waals surface area (Å²) >= 11 is 0. The predicted octanol–water partition coefficient (Wildman–Crippen LogP) is 2.43. The SMILES string of the molecule is CC(C)c1ccc(N2C(=O)C3Cc4nc[nH]c4CN3C2=O)cc1. The molecule has 1 atom stereocenters. The Kier molecular flexibility index (Phi) is 3.01. The maximum atomic E-state index is 12.7. The molecule has 3 heterocycles. The zero-order chi connectivity index (χ0) is 16.1. The van der Waals surface area contributed by atoms with Crippen LogP contribution in [-0.2, 0) is 17.8 Å². The monoisotopic (exact) mass is 310 g/mol. The van der Waals surface area contributed by atoms with Crippen molar-refractivity contribution < 1.29 is 9.59 Å². The van der Waals surface area contributed by atoms with Crippen LogP contribution in [0.3, 0.4) is 0 Å². The normalized spacial score (nSPS) is 20.2. The van der Waals surface area contributed by atoms with Crippen LogP contribution >= 0.6 is 0 Å². The van der Waals surface area contributed by atoms with Crippen molar-refractivity contribution in [1.29, 1.82) is 0 Å². The van der Waals surface area contributed by atoms with Crippen molar-refractivity contribution in [2.75, 3.05) is 4.90 Å². The molecular weight excluding hydrogens is 292 g/mol. The first-order valence-electron chi connectivity index (χ1n) is 7.82. The van der Waals surface area contributed by atoms with Gasteiger partial charge in [-0.15, -0.1) is 0 Å². The number of amides is 3. The second-order valence-electron chi connectivity index (χ2n) is 6.38. The molecule has 1 aromatic carbocycles. The molecule has 0 bridgehead atoms. The third kappa shape index (κ3) is 2.05. The van der Waals surface area contributed by atoms with E-state index in [0.29, 0.717) is 24.6 Å². The number of carbonyl (C=O) groups is 2. The van der Waals surface area contributed by atoms with Crippen molar-refractivity contribution in [2.24, 2.45) is 0 Å². The molecule has 2 aliphatic heterocycles.